The number of aromatic hydroxyl groups is 1. The van der Waals surface area contributed by atoms with E-state index in [0.29, 0.717) is 0 Å². The monoisotopic (exact) mass is 225 g/mol. The summed E-state index contributed by atoms with van der Waals surface area (Å²) in [6, 6.07) is 5.82. The second-order valence-corrected chi connectivity index (χ2v) is 2.81. The van der Waals surface area contributed by atoms with Gasteiger partial charge in [0.25, 0.3) is 0 Å². The molecule has 1 unspecified atom stereocenters. The number of nitrogens with zero attached hydrogens (tertiary/aromatic N) is 1. The molecule has 0 bridgehead atoms. The number of hydrogen-bond donors (Lipinski definition) is 2. The number of oxime groups is 1. The highest BCUT2D eigenvalue weighted by Crippen LogP contribution is 2.18. The van der Waals surface area contributed by atoms with E-state index in [9.17, 15) is 4.79 Å². The number of carbonyl (C=O) groups is 1. The molecule has 1 aromatic rings. The Kier molecular flexibility index (Phi) is 4.14. The molecule has 6 heteroatoms. The van der Waals surface area contributed by atoms with Crippen molar-refractivity contribution >= 4 is 12.2 Å². The average Bonchev–Trinajstić information content (AvgIpc) is 2.24. The zero-order valence-electron chi connectivity index (χ0n) is 8.53. The number of carboxylic acids is 1. The quantitative estimate of drug-likeness (QED) is 0.573. The lowest BCUT2D eigenvalue weighted by molar-refractivity contribution is -0.141. The summed E-state index contributed by atoms with van der Waals surface area (Å²) in [4.78, 5) is 15.1. The maximum atomic E-state index is 10.8. The molecule has 0 saturated heterocycles. The van der Waals surface area contributed by atoms with Gasteiger partial charge in [-0.2, -0.15) is 0 Å². The summed E-state index contributed by atoms with van der Waals surface area (Å²) in [6.07, 6.45) is -0.256. The number of phenolic OH excluding ortho intramolecular Hbond substituents is 1. The molecule has 0 aliphatic carbocycles. The van der Waals surface area contributed by atoms with Crippen LogP contribution in [0.2, 0.25) is 0 Å². The van der Waals surface area contributed by atoms with Gasteiger partial charge in [0.2, 0.25) is 6.10 Å². The lowest BCUT2D eigenvalue weighted by Gasteiger charge is -2.10. The van der Waals surface area contributed by atoms with Gasteiger partial charge in [-0.15, -0.1) is 0 Å². The first-order chi connectivity index (χ1) is 7.63. The molecule has 1 rings (SSSR count). The Morgan fingerprint density at radius 2 is 2.31 bits per heavy atom. The Hall–Kier alpha value is -2.24. The molecule has 1 atom stereocenters. The van der Waals surface area contributed by atoms with E-state index < -0.39 is 12.1 Å². The van der Waals surface area contributed by atoms with Crippen LogP contribution in [0.3, 0.4) is 0 Å². The average molecular weight is 225 g/mol. The van der Waals surface area contributed by atoms with Crippen molar-refractivity contribution in [3.8, 4) is 11.5 Å². The Labute approximate surface area is 91.7 Å². The van der Waals surface area contributed by atoms with E-state index in [2.05, 4.69) is 9.99 Å². The van der Waals surface area contributed by atoms with E-state index in [4.69, 9.17) is 14.9 Å². The highest BCUT2D eigenvalue weighted by atomic mass is 16.6. The van der Waals surface area contributed by atoms with E-state index in [1.54, 1.807) is 0 Å². The SMILES string of the molecule is CON=CC(Oc1cccc(O)c1)C(=O)O. The van der Waals surface area contributed by atoms with Crippen molar-refractivity contribution in [1.82, 2.24) is 0 Å². The third-order valence-electron chi connectivity index (χ3n) is 1.63. The third kappa shape index (κ3) is 3.49. The summed E-state index contributed by atoms with van der Waals surface area (Å²) in [5, 5.41) is 21.3. The Morgan fingerprint density at radius 1 is 1.56 bits per heavy atom. The standard InChI is InChI=1S/C10H11NO5/c1-15-11-6-9(10(13)14)16-8-4-2-3-7(12)5-8/h2-6,9,12H,1H3,(H,13,14). The number of benzene rings is 1. The second kappa shape index (κ2) is 5.59. The number of aliphatic carboxylic acids is 1. The van der Waals surface area contributed by atoms with Crippen LogP contribution in [0.5, 0.6) is 11.5 Å². The zero-order valence-corrected chi connectivity index (χ0v) is 8.53. The summed E-state index contributed by atoms with van der Waals surface area (Å²) in [5.41, 5.74) is 0. The van der Waals surface area contributed by atoms with Crippen LogP contribution in [-0.2, 0) is 9.63 Å². The molecule has 1 aromatic carbocycles. The van der Waals surface area contributed by atoms with E-state index >= 15 is 0 Å². The zero-order chi connectivity index (χ0) is 12.0. The molecular weight excluding hydrogens is 214 g/mol. The van der Waals surface area contributed by atoms with E-state index in [1.165, 1.54) is 31.4 Å². The summed E-state index contributed by atoms with van der Waals surface area (Å²) >= 11 is 0. The highest BCUT2D eigenvalue weighted by molar-refractivity contribution is 5.91. The molecule has 0 aliphatic heterocycles. The topological polar surface area (TPSA) is 88.4 Å². The molecule has 16 heavy (non-hydrogen) atoms. The first-order valence-electron chi connectivity index (χ1n) is 4.38. The van der Waals surface area contributed by atoms with Crippen molar-refractivity contribution in [3.63, 3.8) is 0 Å². The van der Waals surface area contributed by atoms with Gasteiger partial charge in [-0.1, -0.05) is 11.2 Å². The number of rotatable bonds is 5. The van der Waals surface area contributed by atoms with Crippen LogP contribution in [0, 0.1) is 0 Å². The summed E-state index contributed by atoms with van der Waals surface area (Å²) in [6.45, 7) is 0. The minimum absolute atomic E-state index is 0.00896. The molecule has 86 valence electrons. The van der Waals surface area contributed by atoms with Gasteiger partial charge >= 0.3 is 5.97 Å². The van der Waals surface area contributed by atoms with Gasteiger partial charge in [0, 0.05) is 6.07 Å². The fourth-order valence-electron chi connectivity index (χ4n) is 0.964. The fraction of sp³-hybridized carbons (Fsp3) is 0.200. The maximum absolute atomic E-state index is 10.8. The van der Waals surface area contributed by atoms with Gasteiger partial charge in [-0.3, -0.25) is 0 Å². The lowest BCUT2D eigenvalue weighted by Crippen LogP contribution is -2.28. The van der Waals surface area contributed by atoms with Gasteiger partial charge in [0.15, 0.2) is 0 Å². The molecule has 0 fully saturated rings. The lowest BCUT2D eigenvalue weighted by atomic mass is 10.3. The van der Waals surface area contributed by atoms with Crippen LogP contribution in [0.4, 0.5) is 0 Å². The smallest absolute Gasteiger partial charge is 0.350 e. The highest BCUT2D eigenvalue weighted by Gasteiger charge is 2.17. The number of carboxylic acid groups (broad SMARTS) is 1. The van der Waals surface area contributed by atoms with Crippen LogP contribution in [0.15, 0.2) is 29.4 Å². The first-order valence-corrected chi connectivity index (χ1v) is 4.38. The van der Waals surface area contributed by atoms with Gasteiger partial charge in [0.1, 0.15) is 18.6 Å². The van der Waals surface area contributed by atoms with Gasteiger partial charge in [-0.05, 0) is 12.1 Å². The van der Waals surface area contributed by atoms with Crippen LogP contribution in [0.1, 0.15) is 0 Å². The van der Waals surface area contributed by atoms with Gasteiger partial charge in [-0.25, -0.2) is 4.79 Å². The van der Waals surface area contributed by atoms with Crippen molar-refractivity contribution in [2.24, 2.45) is 5.16 Å². The van der Waals surface area contributed by atoms with E-state index in [1.807, 2.05) is 0 Å². The molecule has 0 aliphatic rings. The number of phenols is 1. The predicted molar refractivity (Wildman–Crippen MR) is 55.7 cm³/mol. The minimum Gasteiger partial charge on any atom is -0.508 e. The summed E-state index contributed by atoms with van der Waals surface area (Å²) < 4.78 is 5.07. The number of ether oxygens (including phenoxy) is 1. The second-order valence-electron chi connectivity index (χ2n) is 2.81. The summed E-state index contributed by atoms with van der Waals surface area (Å²) in [5.74, 6) is -0.982. The van der Waals surface area contributed by atoms with E-state index in [-0.39, 0.29) is 11.5 Å². The molecule has 0 spiro atoms. The molecule has 0 heterocycles. The van der Waals surface area contributed by atoms with Gasteiger partial charge < -0.3 is 19.8 Å². The van der Waals surface area contributed by atoms with E-state index in [0.717, 1.165) is 6.21 Å². The minimum atomic E-state index is -1.26. The molecule has 0 amide bonds. The molecule has 6 nitrogen and oxygen atoms in total. The molecule has 0 saturated carbocycles. The normalized spacial score (nSPS) is 12.3. The molecule has 0 radical (unpaired) electrons. The Morgan fingerprint density at radius 3 is 2.88 bits per heavy atom. The Bertz CT molecular complexity index is 391. The van der Waals surface area contributed by atoms with Crippen LogP contribution in [-0.4, -0.2) is 35.6 Å². The van der Waals surface area contributed by atoms with Gasteiger partial charge in [0.05, 0.1) is 6.21 Å². The maximum Gasteiger partial charge on any atom is 0.350 e. The summed E-state index contributed by atoms with van der Waals surface area (Å²) in [7, 11) is 1.30. The third-order valence-corrected chi connectivity index (χ3v) is 1.63. The predicted octanol–water partition coefficient (Wildman–Crippen LogP) is 0.856. The van der Waals surface area contributed by atoms with Crippen molar-refractivity contribution < 1.29 is 24.6 Å². The van der Waals surface area contributed by atoms with Crippen LogP contribution < -0.4 is 4.74 Å². The van der Waals surface area contributed by atoms with Crippen molar-refractivity contribution in [2.45, 2.75) is 6.10 Å². The van der Waals surface area contributed by atoms with Crippen LogP contribution in [0.25, 0.3) is 0 Å². The fourth-order valence-corrected chi connectivity index (χ4v) is 0.964. The first kappa shape index (κ1) is 11.8. The largest absolute Gasteiger partial charge is 0.508 e. The Balaban J connectivity index is 2.75. The number of hydrogen-bond acceptors (Lipinski definition) is 5. The molecule has 0 aromatic heterocycles. The molecule has 2 N–H and O–H groups in total. The van der Waals surface area contributed by atoms with Crippen molar-refractivity contribution in [2.75, 3.05) is 7.11 Å². The van der Waals surface area contributed by atoms with Crippen LogP contribution >= 0.6 is 0 Å². The molecular formula is C10H11NO5. The van der Waals surface area contributed by atoms with Crippen molar-refractivity contribution in [1.29, 1.82) is 0 Å². The van der Waals surface area contributed by atoms with Crippen molar-refractivity contribution in [3.05, 3.63) is 24.3 Å².